The normalized spacial score (nSPS) is 41.8. The molecule has 0 aromatic carbocycles. The summed E-state index contributed by atoms with van der Waals surface area (Å²) in [7, 11) is 0. The summed E-state index contributed by atoms with van der Waals surface area (Å²) in [5, 5.41) is 8.61. The molecule has 0 unspecified atom stereocenters. The van der Waals surface area contributed by atoms with Crippen LogP contribution in [-0.4, -0.2) is 11.1 Å². The fourth-order valence-corrected chi connectivity index (χ4v) is 1.65. The summed E-state index contributed by atoms with van der Waals surface area (Å²) in [4.78, 5) is 10.4. The van der Waals surface area contributed by atoms with Gasteiger partial charge in [-0.3, -0.25) is 4.79 Å². The lowest BCUT2D eigenvalue weighted by atomic mass is 9.64. The molecule has 0 bridgehead atoms. The first-order valence-corrected chi connectivity index (χ1v) is 3.28. The standard InChI is InChI=1S/C7H12O2/c1-5-3-7(2,4-5)6(8)9/h5H,3-4H2,1-2H3,(H,8,9). The number of carbonyl (C=O) groups is 1. The Kier molecular flexibility index (Phi) is 1.26. The van der Waals surface area contributed by atoms with Crippen molar-refractivity contribution in [2.24, 2.45) is 11.3 Å². The minimum Gasteiger partial charge on any atom is -0.481 e. The Morgan fingerprint density at radius 2 is 2.11 bits per heavy atom. The Labute approximate surface area is 54.9 Å². The van der Waals surface area contributed by atoms with Crippen molar-refractivity contribution in [3.05, 3.63) is 0 Å². The van der Waals surface area contributed by atoms with Gasteiger partial charge in [0.1, 0.15) is 0 Å². The average molecular weight is 128 g/mol. The van der Waals surface area contributed by atoms with Crippen LogP contribution >= 0.6 is 0 Å². The number of hydrogen-bond acceptors (Lipinski definition) is 1. The summed E-state index contributed by atoms with van der Waals surface area (Å²) in [5.74, 6) is -0.0216. The van der Waals surface area contributed by atoms with Crippen molar-refractivity contribution < 1.29 is 9.90 Å². The van der Waals surface area contributed by atoms with Crippen molar-refractivity contribution in [2.75, 3.05) is 0 Å². The highest BCUT2D eigenvalue weighted by Gasteiger charge is 2.43. The van der Waals surface area contributed by atoms with E-state index >= 15 is 0 Å². The predicted octanol–water partition coefficient (Wildman–Crippen LogP) is 1.51. The monoisotopic (exact) mass is 128 g/mol. The smallest absolute Gasteiger partial charge is 0.309 e. The molecule has 1 rings (SSSR count). The molecule has 0 aliphatic heterocycles. The van der Waals surface area contributed by atoms with Crippen LogP contribution in [0.1, 0.15) is 26.7 Å². The summed E-state index contributed by atoms with van der Waals surface area (Å²) in [6.45, 7) is 3.90. The van der Waals surface area contributed by atoms with Gasteiger partial charge in [0.25, 0.3) is 0 Å². The van der Waals surface area contributed by atoms with Crippen LogP contribution in [0.25, 0.3) is 0 Å². The van der Waals surface area contributed by atoms with E-state index in [-0.39, 0.29) is 5.41 Å². The molecular weight excluding hydrogens is 116 g/mol. The molecule has 0 aromatic rings. The van der Waals surface area contributed by atoms with Crippen LogP contribution in [0.3, 0.4) is 0 Å². The highest BCUT2D eigenvalue weighted by atomic mass is 16.4. The molecule has 0 heterocycles. The maximum absolute atomic E-state index is 10.4. The molecule has 0 saturated heterocycles. The third kappa shape index (κ3) is 0.934. The largest absolute Gasteiger partial charge is 0.481 e. The lowest BCUT2D eigenvalue weighted by molar-refractivity contribution is -0.155. The maximum atomic E-state index is 10.4. The first-order chi connectivity index (χ1) is 4.04. The van der Waals surface area contributed by atoms with E-state index in [2.05, 4.69) is 6.92 Å². The highest BCUT2D eigenvalue weighted by Crippen LogP contribution is 2.44. The Bertz CT molecular complexity index is 134. The van der Waals surface area contributed by atoms with Gasteiger partial charge in [0.15, 0.2) is 0 Å². The minimum atomic E-state index is -0.638. The van der Waals surface area contributed by atoms with Gasteiger partial charge in [0.05, 0.1) is 5.41 Å². The topological polar surface area (TPSA) is 37.3 Å². The van der Waals surface area contributed by atoms with E-state index in [1.807, 2.05) is 6.92 Å². The van der Waals surface area contributed by atoms with Crippen LogP contribution in [0.5, 0.6) is 0 Å². The van der Waals surface area contributed by atoms with Crippen molar-refractivity contribution in [1.82, 2.24) is 0 Å². The summed E-state index contributed by atoms with van der Waals surface area (Å²) < 4.78 is 0. The molecule has 0 radical (unpaired) electrons. The summed E-state index contributed by atoms with van der Waals surface area (Å²) in [5.41, 5.74) is -0.389. The van der Waals surface area contributed by atoms with Gasteiger partial charge in [-0.2, -0.15) is 0 Å². The van der Waals surface area contributed by atoms with Crippen LogP contribution in [0.4, 0.5) is 0 Å². The fraction of sp³-hybridized carbons (Fsp3) is 0.857. The Balaban J connectivity index is 2.50. The molecule has 2 heteroatoms. The minimum absolute atomic E-state index is 0.389. The second-order valence-corrected chi connectivity index (χ2v) is 3.38. The van der Waals surface area contributed by atoms with Crippen molar-refractivity contribution >= 4 is 5.97 Å². The van der Waals surface area contributed by atoms with Crippen molar-refractivity contribution in [1.29, 1.82) is 0 Å². The maximum Gasteiger partial charge on any atom is 0.309 e. The van der Waals surface area contributed by atoms with Crippen molar-refractivity contribution in [3.8, 4) is 0 Å². The van der Waals surface area contributed by atoms with E-state index < -0.39 is 5.97 Å². The van der Waals surface area contributed by atoms with Crippen LogP contribution < -0.4 is 0 Å². The second-order valence-electron chi connectivity index (χ2n) is 3.38. The molecule has 0 atom stereocenters. The number of carboxylic acids is 1. The first kappa shape index (κ1) is 6.59. The van der Waals surface area contributed by atoms with Gasteiger partial charge < -0.3 is 5.11 Å². The van der Waals surface area contributed by atoms with Crippen LogP contribution in [-0.2, 0) is 4.79 Å². The lowest BCUT2D eigenvalue weighted by Crippen LogP contribution is -2.39. The molecule has 0 spiro atoms. The predicted molar refractivity (Wildman–Crippen MR) is 34.1 cm³/mol. The molecule has 9 heavy (non-hydrogen) atoms. The zero-order valence-electron chi connectivity index (χ0n) is 5.85. The molecule has 1 aliphatic carbocycles. The van der Waals surface area contributed by atoms with Crippen LogP contribution in [0, 0.1) is 11.3 Å². The molecule has 0 amide bonds. The van der Waals surface area contributed by atoms with E-state index in [4.69, 9.17) is 5.11 Å². The van der Waals surface area contributed by atoms with E-state index in [0.29, 0.717) is 5.92 Å². The summed E-state index contributed by atoms with van der Waals surface area (Å²) in [6.07, 6.45) is 1.70. The van der Waals surface area contributed by atoms with Gasteiger partial charge in [-0.15, -0.1) is 0 Å². The molecule has 1 fully saturated rings. The molecular formula is C7H12O2. The number of aliphatic carboxylic acids is 1. The lowest BCUT2D eigenvalue weighted by Gasteiger charge is -2.39. The van der Waals surface area contributed by atoms with E-state index in [9.17, 15) is 4.79 Å². The molecule has 1 N–H and O–H groups in total. The quantitative estimate of drug-likeness (QED) is 0.581. The summed E-state index contributed by atoms with van der Waals surface area (Å²) >= 11 is 0. The van der Waals surface area contributed by atoms with Gasteiger partial charge >= 0.3 is 5.97 Å². The Hall–Kier alpha value is -0.530. The third-order valence-electron chi connectivity index (χ3n) is 2.11. The van der Waals surface area contributed by atoms with Crippen molar-refractivity contribution in [2.45, 2.75) is 26.7 Å². The SMILES string of the molecule is CC1CC(C)(C(=O)O)C1. The van der Waals surface area contributed by atoms with Crippen LogP contribution in [0.2, 0.25) is 0 Å². The Morgan fingerprint density at radius 1 is 1.67 bits per heavy atom. The molecule has 0 aromatic heterocycles. The second kappa shape index (κ2) is 1.72. The molecule has 52 valence electrons. The first-order valence-electron chi connectivity index (χ1n) is 3.28. The average Bonchev–Trinajstić information content (AvgIpc) is 1.62. The van der Waals surface area contributed by atoms with Gasteiger partial charge in [0.2, 0.25) is 0 Å². The van der Waals surface area contributed by atoms with Gasteiger partial charge in [0, 0.05) is 0 Å². The number of rotatable bonds is 1. The number of hydrogen-bond donors (Lipinski definition) is 1. The third-order valence-corrected chi connectivity index (χ3v) is 2.11. The molecule has 2 nitrogen and oxygen atoms in total. The van der Waals surface area contributed by atoms with Gasteiger partial charge in [-0.1, -0.05) is 6.92 Å². The zero-order chi connectivity index (χ0) is 7.07. The fourth-order valence-electron chi connectivity index (χ4n) is 1.65. The number of carboxylic acid groups (broad SMARTS) is 1. The Morgan fingerprint density at radius 3 is 2.22 bits per heavy atom. The van der Waals surface area contributed by atoms with Crippen molar-refractivity contribution in [3.63, 3.8) is 0 Å². The summed E-state index contributed by atoms with van der Waals surface area (Å²) in [6, 6.07) is 0. The van der Waals surface area contributed by atoms with Gasteiger partial charge in [-0.05, 0) is 25.7 Å². The van der Waals surface area contributed by atoms with Gasteiger partial charge in [-0.25, -0.2) is 0 Å². The van der Waals surface area contributed by atoms with E-state index in [1.54, 1.807) is 0 Å². The molecule has 1 aliphatic rings. The molecule has 1 saturated carbocycles. The highest BCUT2D eigenvalue weighted by molar-refractivity contribution is 5.75. The van der Waals surface area contributed by atoms with E-state index in [1.165, 1.54) is 0 Å². The van der Waals surface area contributed by atoms with E-state index in [0.717, 1.165) is 12.8 Å². The zero-order valence-corrected chi connectivity index (χ0v) is 5.85. The van der Waals surface area contributed by atoms with Crippen LogP contribution in [0.15, 0.2) is 0 Å².